The fourth-order valence-electron chi connectivity index (χ4n) is 3.18. The normalized spacial score (nSPS) is 20.0. The first-order chi connectivity index (χ1) is 15.8. The lowest BCUT2D eigenvalue weighted by Crippen LogP contribution is -2.45. The molecule has 0 amide bonds. The van der Waals surface area contributed by atoms with Crippen LogP contribution in [0.5, 0.6) is 0 Å². The minimum atomic E-state index is -0.826. The lowest BCUT2D eigenvalue weighted by Gasteiger charge is -2.34. The molecule has 12 nitrogen and oxygen atoms in total. The summed E-state index contributed by atoms with van der Waals surface area (Å²) in [5.74, 6) is -1.44. The van der Waals surface area contributed by atoms with Gasteiger partial charge in [0.05, 0.1) is 21.0 Å². The highest BCUT2D eigenvalue weighted by Crippen LogP contribution is 2.25. The number of benzene rings is 2. The van der Waals surface area contributed by atoms with Crippen LogP contribution in [0.2, 0.25) is 0 Å². The van der Waals surface area contributed by atoms with Crippen molar-refractivity contribution in [1.29, 1.82) is 0 Å². The summed E-state index contributed by atoms with van der Waals surface area (Å²) in [7, 11) is 1.45. The molecule has 0 N–H and O–H groups in total. The maximum absolute atomic E-state index is 12.5. The third kappa shape index (κ3) is 6.08. The van der Waals surface area contributed by atoms with Crippen LogP contribution in [0.3, 0.4) is 0 Å². The smallest absolute Gasteiger partial charge is 0.338 e. The van der Waals surface area contributed by atoms with Gasteiger partial charge in [-0.15, -0.1) is 0 Å². The van der Waals surface area contributed by atoms with Crippen LogP contribution in [0, 0.1) is 20.2 Å². The minimum absolute atomic E-state index is 0.110. The van der Waals surface area contributed by atoms with Gasteiger partial charge in [0.25, 0.3) is 11.4 Å². The van der Waals surface area contributed by atoms with E-state index in [4.69, 9.17) is 18.9 Å². The number of carbonyl (C=O) groups is 2. The first-order valence-corrected chi connectivity index (χ1v) is 9.83. The molecule has 2 aromatic rings. The van der Waals surface area contributed by atoms with E-state index >= 15 is 0 Å². The molecule has 12 heteroatoms. The molecule has 2 aromatic carbocycles. The molecular weight excluding hydrogens is 440 g/mol. The number of esters is 2. The summed E-state index contributed by atoms with van der Waals surface area (Å²) in [4.78, 5) is 45.2. The van der Waals surface area contributed by atoms with Crippen molar-refractivity contribution in [3.8, 4) is 0 Å². The van der Waals surface area contributed by atoms with Crippen molar-refractivity contribution in [2.45, 2.75) is 31.3 Å². The minimum Gasteiger partial charge on any atom is -0.459 e. The number of methoxy groups -OCH3 is 1. The van der Waals surface area contributed by atoms with Gasteiger partial charge in [0.1, 0.15) is 18.8 Å². The van der Waals surface area contributed by atoms with Crippen LogP contribution < -0.4 is 0 Å². The van der Waals surface area contributed by atoms with E-state index in [0.717, 1.165) is 0 Å². The Morgan fingerprint density at radius 1 is 0.909 bits per heavy atom. The molecule has 0 aliphatic carbocycles. The molecule has 1 fully saturated rings. The van der Waals surface area contributed by atoms with Gasteiger partial charge in [0, 0.05) is 37.8 Å². The molecule has 3 unspecified atom stereocenters. The molecule has 0 spiro atoms. The zero-order valence-corrected chi connectivity index (χ0v) is 17.4. The van der Waals surface area contributed by atoms with E-state index in [1.807, 2.05) is 0 Å². The number of nitrogens with zero attached hydrogens (tertiary/aromatic N) is 2. The SMILES string of the molecule is COC1CCC(OC(=O)c2ccc([N+](=O)[O-])cc2)C(COC(=O)c2ccc([N+](=O)[O-])cc2)O1. The Morgan fingerprint density at radius 2 is 1.42 bits per heavy atom. The lowest BCUT2D eigenvalue weighted by atomic mass is 10.0. The van der Waals surface area contributed by atoms with Gasteiger partial charge < -0.3 is 18.9 Å². The number of hydrogen-bond donors (Lipinski definition) is 0. The van der Waals surface area contributed by atoms with Crippen molar-refractivity contribution in [3.05, 3.63) is 79.9 Å². The third-order valence-corrected chi connectivity index (χ3v) is 4.96. The second-order valence-electron chi connectivity index (χ2n) is 7.07. The molecule has 1 saturated heterocycles. The van der Waals surface area contributed by atoms with E-state index in [9.17, 15) is 29.8 Å². The summed E-state index contributed by atoms with van der Waals surface area (Å²) in [5, 5.41) is 21.5. The van der Waals surface area contributed by atoms with Gasteiger partial charge in [0.15, 0.2) is 6.29 Å². The number of hydrogen-bond acceptors (Lipinski definition) is 10. The largest absolute Gasteiger partial charge is 0.459 e. The summed E-state index contributed by atoms with van der Waals surface area (Å²) in [6.07, 6.45) is -1.36. The van der Waals surface area contributed by atoms with Gasteiger partial charge in [-0.2, -0.15) is 0 Å². The highest BCUT2D eigenvalue weighted by atomic mass is 16.7. The van der Waals surface area contributed by atoms with Crippen LogP contribution in [-0.4, -0.2) is 54.0 Å². The first kappa shape index (κ1) is 23.8. The average molecular weight is 460 g/mol. The average Bonchev–Trinajstić information content (AvgIpc) is 2.83. The third-order valence-electron chi connectivity index (χ3n) is 4.96. The standard InChI is InChI=1S/C21H20N2O10/c1-30-19-11-10-17(33-21(25)14-4-8-16(9-5-14)23(28)29)18(32-19)12-31-20(24)13-2-6-15(7-3-13)22(26)27/h2-9,17-19H,10-12H2,1H3. The Kier molecular flexibility index (Phi) is 7.64. The Morgan fingerprint density at radius 3 is 1.91 bits per heavy atom. The van der Waals surface area contributed by atoms with E-state index in [2.05, 4.69) is 0 Å². The highest BCUT2D eigenvalue weighted by Gasteiger charge is 2.35. The first-order valence-electron chi connectivity index (χ1n) is 9.83. The zero-order chi connectivity index (χ0) is 24.0. The van der Waals surface area contributed by atoms with Gasteiger partial charge in [-0.3, -0.25) is 20.2 Å². The Hall–Kier alpha value is -3.90. The van der Waals surface area contributed by atoms with Gasteiger partial charge >= 0.3 is 11.9 Å². The Labute approximate surface area is 187 Å². The number of carbonyl (C=O) groups excluding carboxylic acids is 2. The van der Waals surface area contributed by atoms with Gasteiger partial charge in [-0.1, -0.05) is 0 Å². The Bertz CT molecular complexity index is 1020. The molecular formula is C21H20N2O10. The van der Waals surface area contributed by atoms with Crippen molar-refractivity contribution in [1.82, 2.24) is 0 Å². The maximum Gasteiger partial charge on any atom is 0.338 e. The molecule has 1 aliphatic heterocycles. The van der Waals surface area contributed by atoms with Crippen molar-refractivity contribution in [2.75, 3.05) is 13.7 Å². The Balaban J connectivity index is 1.64. The van der Waals surface area contributed by atoms with Crippen molar-refractivity contribution < 1.29 is 38.4 Å². The van der Waals surface area contributed by atoms with E-state index < -0.39 is 40.3 Å². The van der Waals surface area contributed by atoms with E-state index in [1.165, 1.54) is 55.6 Å². The van der Waals surface area contributed by atoms with E-state index in [-0.39, 0.29) is 29.1 Å². The van der Waals surface area contributed by atoms with Gasteiger partial charge in [-0.05, 0) is 30.7 Å². The monoisotopic (exact) mass is 460 g/mol. The number of nitro groups is 2. The van der Waals surface area contributed by atoms with Crippen LogP contribution in [0.4, 0.5) is 11.4 Å². The number of rotatable bonds is 8. The maximum atomic E-state index is 12.5. The summed E-state index contributed by atoms with van der Waals surface area (Å²) < 4.78 is 21.7. The fourth-order valence-corrected chi connectivity index (χ4v) is 3.18. The van der Waals surface area contributed by atoms with Crippen LogP contribution >= 0.6 is 0 Å². The molecule has 3 atom stereocenters. The van der Waals surface area contributed by atoms with E-state index in [1.54, 1.807) is 0 Å². The highest BCUT2D eigenvalue weighted by molar-refractivity contribution is 5.90. The molecule has 3 rings (SSSR count). The summed E-state index contributed by atoms with van der Waals surface area (Å²) in [5.41, 5.74) is -0.0925. The van der Waals surface area contributed by atoms with Crippen LogP contribution in [-0.2, 0) is 18.9 Å². The fraction of sp³-hybridized carbons (Fsp3) is 0.333. The number of non-ortho nitro benzene ring substituents is 2. The van der Waals surface area contributed by atoms with Crippen molar-refractivity contribution >= 4 is 23.3 Å². The van der Waals surface area contributed by atoms with E-state index in [0.29, 0.717) is 12.8 Å². The molecule has 0 bridgehead atoms. The molecule has 1 aliphatic rings. The molecule has 174 valence electrons. The summed E-state index contributed by atoms with van der Waals surface area (Å²) in [6, 6.07) is 9.86. The molecule has 33 heavy (non-hydrogen) atoms. The second kappa shape index (κ2) is 10.6. The van der Waals surface area contributed by atoms with Crippen LogP contribution in [0.1, 0.15) is 33.6 Å². The van der Waals surface area contributed by atoms with Crippen LogP contribution in [0.15, 0.2) is 48.5 Å². The van der Waals surface area contributed by atoms with Crippen molar-refractivity contribution in [2.24, 2.45) is 0 Å². The second-order valence-corrected chi connectivity index (χ2v) is 7.07. The summed E-state index contributed by atoms with van der Waals surface area (Å²) in [6.45, 7) is -0.256. The number of nitro benzene ring substituents is 2. The zero-order valence-electron chi connectivity index (χ0n) is 17.4. The lowest BCUT2D eigenvalue weighted by molar-refractivity contribution is -0.385. The molecule has 0 radical (unpaired) electrons. The predicted molar refractivity (Wildman–Crippen MR) is 111 cm³/mol. The van der Waals surface area contributed by atoms with Crippen molar-refractivity contribution in [3.63, 3.8) is 0 Å². The molecule has 1 heterocycles. The van der Waals surface area contributed by atoms with Gasteiger partial charge in [0.2, 0.25) is 0 Å². The quantitative estimate of drug-likeness (QED) is 0.326. The molecule has 0 saturated carbocycles. The number of ether oxygens (including phenoxy) is 4. The van der Waals surface area contributed by atoms with Gasteiger partial charge in [-0.25, -0.2) is 9.59 Å². The molecule has 0 aromatic heterocycles. The topological polar surface area (TPSA) is 157 Å². The predicted octanol–water partition coefficient (Wildman–Crippen LogP) is 3.04. The summed E-state index contributed by atoms with van der Waals surface area (Å²) >= 11 is 0. The van der Waals surface area contributed by atoms with Crippen LogP contribution in [0.25, 0.3) is 0 Å².